The van der Waals surface area contributed by atoms with Crippen LogP contribution in [0.1, 0.15) is 12.5 Å². The minimum Gasteiger partial charge on any atom is -0.497 e. The summed E-state index contributed by atoms with van der Waals surface area (Å²) in [6.07, 6.45) is 5.06. The van der Waals surface area contributed by atoms with Crippen molar-refractivity contribution in [3.05, 3.63) is 60.7 Å². The average Bonchev–Trinajstić information content (AvgIpc) is 3.09. The van der Waals surface area contributed by atoms with E-state index in [0.29, 0.717) is 6.54 Å². The highest BCUT2D eigenvalue weighted by Gasteiger charge is 2.17. The van der Waals surface area contributed by atoms with Gasteiger partial charge in [-0.3, -0.25) is 4.68 Å². The van der Waals surface area contributed by atoms with E-state index in [9.17, 15) is 0 Å². The summed E-state index contributed by atoms with van der Waals surface area (Å²) in [4.78, 5) is 12.9. The number of nitrogens with zero attached hydrogens (tertiary/aromatic N) is 5. The first-order valence-electron chi connectivity index (χ1n) is 8.79. The maximum absolute atomic E-state index is 5.24. The maximum atomic E-state index is 5.24. The smallest absolute Gasteiger partial charge is 0.137 e. The van der Waals surface area contributed by atoms with Gasteiger partial charge in [-0.15, -0.1) is 0 Å². The number of hydrogen-bond donors (Lipinski definition) is 1. The zero-order chi connectivity index (χ0) is 18.6. The van der Waals surface area contributed by atoms with Crippen molar-refractivity contribution in [2.45, 2.75) is 13.5 Å². The molecule has 0 radical (unpaired) electrons. The van der Waals surface area contributed by atoms with Gasteiger partial charge >= 0.3 is 0 Å². The first kappa shape index (κ1) is 17.0. The molecule has 4 aromatic rings. The molecule has 0 unspecified atom stereocenters. The minimum atomic E-state index is 0.640. The zero-order valence-corrected chi connectivity index (χ0v) is 15.3. The molecule has 4 rings (SSSR count). The number of anilines is 1. The molecule has 0 fully saturated rings. The number of fused-ring (bicyclic) bond motifs is 1. The Morgan fingerprint density at radius 3 is 2.59 bits per heavy atom. The summed E-state index contributed by atoms with van der Waals surface area (Å²) in [6.45, 7) is 3.47. The fraction of sp³-hybridized carbons (Fsp3) is 0.200. The Labute approximate surface area is 157 Å². The van der Waals surface area contributed by atoms with Crippen LogP contribution in [0.2, 0.25) is 0 Å². The van der Waals surface area contributed by atoms with Crippen LogP contribution in [0.4, 0.5) is 5.82 Å². The lowest BCUT2D eigenvalue weighted by Gasteiger charge is -2.07. The molecule has 0 atom stereocenters. The van der Waals surface area contributed by atoms with Gasteiger partial charge in [0.15, 0.2) is 0 Å². The van der Waals surface area contributed by atoms with Crippen LogP contribution in [0.5, 0.6) is 5.75 Å². The van der Waals surface area contributed by atoms with Crippen LogP contribution in [-0.2, 0) is 6.54 Å². The molecule has 1 N–H and O–H groups in total. The first-order valence-corrected chi connectivity index (χ1v) is 8.79. The van der Waals surface area contributed by atoms with Gasteiger partial charge in [-0.1, -0.05) is 12.1 Å². The predicted octanol–water partition coefficient (Wildman–Crippen LogP) is 3.38. The molecule has 7 nitrogen and oxygen atoms in total. The van der Waals surface area contributed by atoms with Crippen molar-refractivity contribution < 1.29 is 4.74 Å². The molecule has 27 heavy (non-hydrogen) atoms. The Kier molecular flexibility index (Phi) is 4.65. The number of aromatic nitrogens is 5. The van der Waals surface area contributed by atoms with E-state index in [2.05, 4.69) is 20.3 Å². The van der Waals surface area contributed by atoms with Gasteiger partial charge in [0.25, 0.3) is 0 Å². The summed E-state index contributed by atoms with van der Waals surface area (Å²) in [6, 6.07) is 11.8. The summed E-state index contributed by atoms with van der Waals surface area (Å²) in [7, 11) is 1.67. The van der Waals surface area contributed by atoms with Crippen LogP contribution >= 0.6 is 0 Å². The van der Waals surface area contributed by atoms with Crippen molar-refractivity contribution >= 4 is 16.7 Å². The highest BCUT2D eigenvalue weighted by atomic mass is 16.5. The number of rotatable bonds is 6. The molecule has 3 heterocycles. The Balaban J connectivity index is 1.84. The molecule has 0 bridgehead atoms. The summed E-state index contributed by atoms with van der Waals surface area (Å²) >= 11 is 0. The van der Waals surface area contributed by atoms with Crippen LogP contribution in [0.3, 0.4) is 0 Å². The fourth-order valence-electron chi connectivity index (χ4n) is 3.06. The lowest BCUT2D eigenvalue weighted by molar-refractivity contribution is 0.414. The third-order valence-corrected chi connectivity index (χ3v) is 4.32. The largest absolute Gasteiger partial charge is 0.497 e. The summed E-state index contributed by atoms with van der Waals surface area (Å²) in [5, 5.41) is 9.15. The Bertz CT molecular complexity index is 1040. The molecule has 136 valence electrons. The second-order valence-corrected chi connectivity index (χ2v) is 6.03. The summed E-state index contributed by atoms with van der Waals surface area (Å²) in [5.74, 6) is 1.65. The number of methoxy groups -OCH3 is 1. The van der Waals surface area contributed by atoms with Crippen molar-refractivity contribution in [3.8, 4) is 17.1 Å². The van der Waals surface area contributed by atoms with E-state index in [1.54, 1.807) is 19.5 Å². The van der Waals surface area contributed by atoms with Gasteiger partial charge in [0.05, 0.1) is 30.3 Å². The van der Waals surface area contributed by atoms with Crippen molar-refractivity contribution in [1.29, 1.82) is 0 Å². The Morgan fingerprint density at radius 2 is 1.89 bits per heavy atom. The normalized spacial score (nSPS) is 10.9. The molecule has 0 spiro atoms. The molecule has 0 saturated heterocycles. The van der Waals surface area contributed by atoms with Crippen LogP contribution < -0.4 is 10.1 Å². The van der Waals surface area contributed by atoms with Crippen molar-refractivity contribution in [2.24, 2.45) is 0 Å². The highest BCUT2D eigenvalue weighted by molar-refractivity contribution is 6.00. The van der Waals surface area contributed by atoms with E-state index in [1.807, 2.05) is 48.0 Å². The van der Waals surface area contributed by atoms with Gasteiger partial charge in [0.1, 0.15) is 23.6 Å². The Hall–Kier alpha value is -3.48. The van der Waals surface area contributed by atoms with E-state index in [4.69, 9.17) is 9.84 Å². The maximum Gasteiger partial charge on any atom is 0.137 e. The molecule has 0 aliphatic carbocycles. The minimum absolute atomic E-state index is 0.640. The van der Waals surface area contributed by atoms with Crippen molar-refractivity contribution in [3.63, 3.8) is 0 Å². The fourth-order valence-corrected chi connectivity index (χ4v) is 3.06. The van der Waals surface area contributed by atoms with E-state index in [0.717, 1.165) is 46.0 Å². The lowest BCUT2D eigenvalue weighted by atomic mass is 10.2. The van der Waals surface area contributed by atoms with Crippen molar-refractivity contribution in [1.82, 2.24) is 24.7 Å². The molecule has 0 amide bonds. The zero-order valence-electron chi connectivity index (χ0n) is 15.3. The third kappa shape index (κ3) is 3.31. The lowest BCUT2D eigenvalue weighted by Crippen LogP contribution is -2.02. The monoisotopic (exact) mass is 360 g/mol. The van der Waals surface area contributed by atoms with Crippen LogP contribution in [0.15, 0.2) is 55.1 Å². The number of ether oxygens (including phenoxy) is 1. The standard InChI is InChI=1S/C20H20N6O/c1-3-22-20-18-17(9-11-23-20)26(12-14-4-6-15(27-2)7-5-14)25-19(18)16-8-10-21-13-24-16/h4-11,13H,3,12H2,1-2H3,(H,22,23). The highest BCUT2D eigenvalue weighted by Crippen LogP contribution is 2.31. The van der Waals surface area contributed by atoms with Gasteiger partial charge in [-0.05, 0) is 36.8 Å². The quantitative estimate of drug-likeness (QED) is 0.568. The van der Waals surface area contributed by atoms with Gasteiger partial charge in [-0.2, -0.15) is 5.10 Å². The van der Waals surface area contributed by atoms with Gasteiger partial charge < -0.3 is 10.1 Å². The van der Waals surface area contributed by atoms with Gasteiger partial charge in [0, 0.05) is 18.9 Å². The average molecular weight is 360 g/mol. The summed E-state index contributed by atoms with van der Waals surface area (Å²) in [5.41, 5.74) is 3.71. The summed E-state index contributed by atoms with van der Waals surface area (Å²) < 4.78 is 7.22. The van der Waals surface area contributed by atoms with E-state index in [-0.39, 0.29) is 0 Å². The van der Waals surface area contributed by atoms with Crippen LogP contribution in [-0.4, -0.2) is 38.4 Å². The number of benzene rings is 1. The topological polar surface area (TPSA) is 77.8 Å². The molecule has 1 aromatic carbocycles. The number of pyridine rings is 1. The SMILES string of the molecule is CCNc1nccc2c1c(-c1ccncn1)nn2Cc1ccc(OC)cc1. The number of nitrogens with one attached hydrogen (secondary N) is 1. The van der Waals surface area contributed by atoms with Gasteiger partial charge in [-0.25, -0.2) is 15.0 Å². The predicted molar refractivity (Wildman–Crippen MR) is 105 cm³/mol. The van der Waals surface area contributed by atoms with E-state index < -0.39 is 0 Å². The molecule has 3 aromatic heterocycles. The molecular formula is C20H20N6O. The van der Waals surface area contributed by atoms with Crippen LogP contribution in [0, 0.1) is 0 Å². The molecule has 7 heteroatoms. The second kappa shape index (κ2) is 7.41. The molecular weight excluding hydrogens is 340 g/mol. The van der Waals surface area contributed by atoms with E-state index >= 15 is 0 Å². The van der Waals surface area contributed by atoms with Gasteiger partial charge in [0.2, 0.25) is 0 Å². The van der Waals surface area contributed by atoms with E-state index in [1.165, 1.54) is 6.33 Å². The third-order valence-electron chi connectivity index (χ3n) is 4.32. The molecule has 0 aliphatic heterocycles. The Morgan fingerprint density at radius 1 is 1.04 bits per heavy atom. The number of hydrogen-bond acceptors (Lipinski definition) is 6. The van der Waals surface area contributed by atoms with Crippen LogP contribution in [0.25, 0.3) is 22.3 Å². The first-order chi connectivity index (χ1) is 13.3. The molecule has 0 aliphatic rings. The van der Waals surface area contributed by atoms with Crippen molar-refractivity contribution in [2.75, 3.05) is 19.0 Å². The second-order valence-electron chi connectivity index (χ2n) is 6.03. The molecule has 0 saturated carbocycles.